The number of ether oxygens (including phenoxy) is 2. The summed E-state index contributed by atoms with van der Waals surface area (Å²) in [5.41, 5.74) is 1.34. The predicted octanol–water partition coefficient (Wildman–Crippen LogP) is 2.82. The van der Waals surface area contributed by atoms with Gasteiger partial charge in [0.1, 0.15) is 4.90 Å². The number of fused-ring (bicyclic) bond motifs is 1. The SMILES string of the molecule is CCOC(CCNS(=O)(=O)c1cc(Br)cc2c1N(C(=O)CC)CC2)OCC. The molecule has 1 heterocycles. The summed E-state index contributed by atoms with van der Waals surface area (Å²) in [7, 11) is -3.79. The maximum atomic E-state index is 12.9. The molecule has 0 unspecified atom stereocenters. The zero-order chi connectivity index (χ0) is 20.0. The molecule has 27 heavy (non-hydrogen) atoms. The number of benzene rings is 1. The van der Waals surface area contributed by atoms with E-state index in [0.717, 1.165) is 5.56 Å². The first kappa shape index (κ1) is 22.3. The Kier molecular flexibility index (Phi) is 8.23. The molecule has 0 aromatic heterocycles. The average molecular weight is 463 g/mol. The zero-order valence-corrected chi connectivity index (χ0v) is 18.4. The van der Waals surface area contributed by atoms with Crippen molar-refractivity contribution in [3.63, 3.8) is 0 Å². The average Bonchev–Trinajstić information content (AvgIpc) is 3.04. The first-order chi connectivity index (χ1) is 12.8. The van der Waals surface area contributed by atoms with Crippen molar-refractivity contribution >= 4 is 37.5 Å². The topological polar surface area (TPSA) is 84.9 Å². The van der Waals surface area contributed by atoms with Crippen LogP contribution in [0.4, 0.5) is 5.69 Å². The molecule has 2 rings (SSSR count). The number of nitrogens with zero attached hydrogens (tertiary/aromatic N) is 1. The van der Waals surface area contributed by atoms with E-state index < -0.39 is 16.3 Å². The van der Waals surface area contributed by atoms with Crippen LogP contribution in [0.1, 0.15) is 39.2 Å². The molecular formula is C18H27BrN2O5S. The standard InChI is InChI=1S/C18H27BrN2O5S/c1-4-16(22)21-10-8-13-11-14(19)12-15(18(13)21)27(23,24)20-9-7-17(25-5-2)26-6-3/h11-12,17,20H,4-10H2,1-3H3. The molecule has 0 atom stereocenters. The van der Waals surface area contributed by atoms with Crippen molar-refractivity contribution in [1.29, 1.82) is 0 Å². The molecular weight excluding hydrogens is 436 g/mol. The Morgan fingerprint density at radius 1 is 1.26 bits per heavy atom. The second-order valence-corrected chi connectivity index (χ2v) is 8.74. The highest BCUT2D eigenvalue weighted by Gasteiger charge is 2.32. The molecule has 1 aromatic carbocycles. The number of hydrogen-bond acceptors (Lipinski definition) is 5. The van der Waals surface area contributed by atoms with E-state index >= 15 is 0 Å². The number of nitrogens with one attached hydrogen (secondary N) is 1. The molecule has 0 spiro atoms. The van der Waals surface area contributed by atoms with E-state index in [-0.39, 0.29) is 17.3 Å². The summed E-state index contributed by atoms with van der Waals surface area (Å²) in [5.74, 6) is -0.0831. The maximum Gasteiger partial charge on any atom is 0.242 e. The summed E-state index contributed by atoms with van der Waals surface area (Å²) < 4.78 is 40.1. The van der Waals surface area contributed by atoms with Gasteiger partial charge in [0.25, 0.3) is 0 Å². The highest BCUT2D eigenvalue weighted by atomic mass is 79.9. The molecule has 0 saturated heterocycles. The van der Waals surface area contributed by atoms with Gasteiger partial charge in [-0.2, -0.15) is 0 Å². The van der Waals surface area contributed by atoms with E-state index in [4.69, 9.17) is 9.47 Å². The molecule has 0 bridgehead atoms. The number of carbonyl (C=O) groups excluding carboxylic acids is 1. The lowest BCUT2D eigenvalue weighted by Gasteiger charge is -2.21. The fourth-order valence-electron chi connectivity index (χ4n) is 3.09. The lowest BCUT2D eigenvalue weighted by atomic mass is 10.2. The van der Waals surface area contributed by atoms with Crippen molar-refractivity contribution in [3.05, 3.63) is 22.2 Å². The Labute approximate surface area is 169 Å². The second kappa shape index (κ2) is 9.97. The highest BCUT2D eigenvalue weighted by molar-refractivity contribution is 9.10. The second-order valence-electron chi connectivity index (χ2n) is 6.09. The summed E-state index contributed by atoms with van der Waals surface area (Å²) in [6, 6.07) is 3.42. The Balaban J connectivity index is 2.22. The molecule has 0 fully saturated rings. The van der Waals surface area contributed by atoms with Gasteiger partial charge in [-0.1, -0.05) is 22.9 Å². The molecule has 0 aliphatic carbocycles. The van der Waals surface area contributed by atoms with Crippen LogP contribution in [-0.2, 0) is 30.7 Å². The maximum absolute atomic E-state index is 12.9. The number of hydrogen-bond donors (Lipinski definition) is 1. The molecule has 1 amide bonds. The van der Waals surface area contributed by atoms with E-state index in [1.807, 2.05) is 19.9 Å². The van der Waals surface area contributed by atoms with Crippen LogP contribution in [0.5, 0.6) is 0 Å². The van der Waals surface area contributed by atoms with Crippen LogP contribution in [0, 0.1) is 0 Å². The third-order valence-corrected chi connectivity index (χ3v) is 6.20. The monoisotopic (exact) mass is 462 g/mol. The quantitative estimate of drug-likeness (QED) is 0.540. The Hall–Kier alpha value is -1.00. The summed E-state index contributed by atoms with van der Waals surface area (Å²) in [6.45, 7) is 7.15. The van der Waals surface area contributed by atoms with Crippen LogP contribution in [-0.4, -0.2) is 46.9 Å². The fraction of sp³-hybridized carbons (Fsp3) is 0.611. The first-order valence-electron chi connectivity index (χ1n) is 9.19. The van der Waals surface area contributed by atoms with Crippen LogP contribution in [0.2, 0.25) is 0 Å². The minimum Gasteiger partial charge on any atom is -0.353 e. The first-order valence-corrected chi connectivity index (χ1v) is 11.5. The molecule has 0 radical (unpaired) electrons. The third kappa shape index (κ3) is 5.51. The van der Waals surface area contributed by atoms with Crippen molar-refractivity contribution in [1.82, 2.24) is 4.72 Å². The molecule has 152 valence electrons. The van der Waals surface area contributed by atoms with Crippen LogP contribution in [0.25, 0.3) is 0 Å². The normalized spacial score (nSPS) is 14.0. The molecule has 0 saturated carbocycles. The largest absolute Gasteiger partial charge is 0.353 e. The highest BCUT2D eigenvalue weighted by Crippen LogP contribution is 2.37. The summed E-state index contributed by atoms with van der Waals surface area (Å²) >= 11 is 3.38. The number of sulfonamides is 1. The van der Waals surface area contributed by atoms with Gasteiger partial charge in [0, 0.05) is 43.6 Å². The fourth-order valence-corrected chi connectivity index (χ4v) is 5.07. The van der Waals surface area contributed by atoms with Gasteiger partial charge < -0.3 is 14.4 Å². The van der Waals surface area contributed by atoms with Gasteiger partial charge in [0.05, 0.1) is 5.69 Å². The van der Waals surface area contributed by atoms with Gasteiger partial charge in [-0.15, -0.1) is 0 Å². The minimum absolute atomic E-state index is 0.0831. The molecule has 7 nitrogen and oxygen atoms in total. The van der Waals surface area contributed by atoms with E-state index in [0.29, 0.717) is 49.2 Å². The molecule has 9 heteroatoms. The third-order valence-electron chi connectivity index (χ3n) is 4.26. The number of halogens is 1. The van der Waals surface area contributed by atoms with Crippen molar-refractivity contribution < 1.29 is 22.7 Å². The zero-order valence-electron chi connectivity index (χ0n) is 16.0. The molecule has 1 aliphatic rings. The Bertz CT molecular complexity index is 763. The van der Waals surface area contributed by atoms with Gasteiger partial charge in [-0.3, -0.25) is 4.79 Å². The van der Waals surface area contributed by atoms with Crippen LogP contribution < -0.4 is 9.62 Å². The molecule has 1 N–H and O–H groups in total. The minimum atomic E-state index is -3.79. The van der Waals surface area contributed by atoms with E-state index in [9.17, 15) is 13.2 Å². The van der Waals surface area contributed by atoms with Gasteiger partial charge in [-0.05, 0) is 38.0 Å². The van der Waals surface area contributed by atoms with Crippen molar-refractivity contribution in [3.8, 4) is 0 Å². The van der Waals surface area contributed by atoms with Crippen LogP contribution in [0.15, 0.2) is 21.5 Å². The van der Waals surface area contributed by atoms with Crippen LogP contribution in [0.3, 0.4) is 0 Å². The molecule has 1 aliphatic heterocycles. The van der Waals surface area contributed by atoms with Gasteiger partial charge >= 0.3 is 0 Å². The van der Waals surface area contributed by atoms with Crippen molar-refractivity contribution in [2.75, 3.05) is 31.2 Å². The lowest BCUT2D eigenvalue weighted by Crippen LogP contribution is -2.32. The van der Waals surface area contributed by atoms with Crippen LogP contribution >= 0.6 is 15.9 Å². The van der Waals surface area contributed by atoms with Gasteiger partial charge in [0.2, 0.25) is 15.9 Å². The number of anilines is 1. The van der Waals surface area contributed by atoms with E-state index in [1.165, 1.54) is 0 Å². The van der Waals surface area contributed by atoms with Crippen molar-refractivity contribution in [2.45, 2.75) is 51.2 Å². The smallest absolute Gasteiger partial charge is 0.242 e. The Morgan fingerprint density at radius 2 is 1.93 bits per heavy atom. The van der Waals surface area contributed by atoms with E-state index in [1.54, 1.807) is 17.9 Å². The number of amides is 1. The number of rotatable bonds is 10. The van der Waals surface area contributed by atoms with Gasteiger partial charge in [-0.25, -0.2) is 13.1 Å². The van der Waals surface area contributed by atoms with Gasteiger partial charge in [0.15, 0.2) is 6.29 Å². The Morgan fingerprint density at radius 3 is 2.52 bits per heavy atom. The predicted molar refractivity (Wildman–Crippen MR) is 107 cm³/mol. The van der Waals surface area contributed by atoms with Crippen molar-refractivity contribution in [2.24, 2.45) is 0 Å². The summed E-state index contributed by atoms with van der Waals surface area (Å²) in [4.78, 5) is 13.9. The summed E-state index contributed by atoms with van der Waals surface area (Å²) in [6.07, 6.45) is 0.912. The number of carbonyl (C=O) groups is 1. The summed E-state index contributed by atoms with van der Waals surface area (Å²) in [5, 5.41) is 0. The molecule has 1 aromatic rings. The van der Waals surface area contributed by atoms with E-state index in [2.05, 4.69) is 20.7 Å². The lowest BCUT2D eigenvalue weighted by molar-refractivity contribution is -0.138.